The Morgan fingerprint density at radius 1 is 1.57 bits per heavy atom. The van der Waals surface area contributed by atoms with Crippen LogP contribution in [-0.2, 0) is 16.1 Å². The van der Waals surface area contributed by atoms with Gasteiger partial charge < -0.3 is 9.84 Å². The van der Waals surface area contributed by atoms with Crippen molar-refractivity contribution in [2.75, 3.05) is 19.7 Å². The van der Waals surface area contributed by atoms with Gasteiger partial charge in [-0.25, -0.2) is 4.98 Å². The Labute approximate surface area is 136 Å². The average molecular weight is 352 g/mol. The van der Waals surface area contributed by atoms with Gasteiger partial charge in [-0.15, -0.1) is 11.3 Å². The monoisotopic (exact) mass is 352 g/mol. The van der Waals surface area contributed by atoms with E-state index in [-0.39, 0.29) is 25.7 Å². The van der Waals surface area contributed by atoms with Crippen molar-refractivity contribution in [3.8, 4) is 0 Å². The number of carboxylic acids is 1. The number of hydrogen-bond acceptors (Lipinski definition) is 5. The summed E-state index contributed by atoms with van der Waals surface area (Å²) in [6.45, 7) is 4.07. The van der Waals surface area contributed by atoms with Crippen molar-refractivity contribution in [1.82, 2.24) is 9.88 Å². The number of nitrogens with zero attached hydrogens (tertiary/aromatic N) is 2. The molecule has 0 bridgehead atoms. The van der Waals surface area contributed by atoms with Gasteiger partial charge in [0, 0.05) is 31.6 Å². The number of carboxylic acid groups (broad SMARTS) is 1. The number of aliphatic carboxylic acids is 1. The molecule has 130 valence electrons. The van der Waals surface area contributed by atoms with Crippen LogP contribution in [0.15, 0.2) is 5.38 Å². The van der Waals surface area contributed by atoms with Crippen LogP contribution < -0.4 is 0 Å². The zero-order valence-electron chi connectivity index (χ0n) is 12.8. The molecule has 1 aromatic rings. The van der Waals surface area contributed by atoms with Crippen molar-refractivity contribution in [2.45, 2.75) is 32.7 Å². The number of ether oxygens (including phenoxy) is 1. The summed E-state index contributed by atoms with van der Waals surface area (Å²) in [5, 5.41) is 11.6. The van der Waals surface area contributed by atoms with Crippen molar-refractivity contribution in [3.05, 3.63) is 16.1 Å². The van der Waals surface area contributed by atoms with Crippen LogP contribution in [0.5, 0.6) is 0 Å². The molecule has 23 heavy (non-hydrogen) atoms. The van der Waals surface area contributed by atoms with Crippen LogP contribution in [0.4, 0.5) is 13.2 Å². The molecule has 2 rings (SSSR count). The fraction of sp³-hybridized carbons (Fsp3) is 0.714. The Bertz CT molecular complexity index is 550. The quantitative estimate of drug-likeness (QED) is 0.853. The van der Waals surface area contributed by atoms with E-state index in [0.717, 1.165) is 5.01 Å². The van der Waals surface area contributed by atoms with E-state index in [0.29, 0.717) is 12.3 Å². The summed E-state index contributed by atoms with van der Waals surface area (Å²) in [7, 11) is 0. The summed E-state index contributed by atoms with van der Waals surface area (Å²) >= 11 is 1.39. The lowest BCUT2D eigenvalue weighted by molar-refractivity contribution is -0.188. The average Bonchev–Trinajstić information content (AvgIpc) is 3.05. The fourth-order valence-corrected chi connectivity index (χ4v) is 3.54. The molecular formula is C14H19F3N2O3S. The summed E-state index contributed by atoms with van der Waals surface area (Å²) in [6.07, 6.45) is -4.67. The van der Waals surface area contributed by atoms with E-state index in [4.69, 9.17) is 9.84 Å². The van der Waals surface area contributed by atoms with Gasteiger partial charge in [-0.1, -0.05) is 0 Å². The standard InChI is InChI=1S/C14H19F3N2O3S/c1-3-22-8(2)12-18-9(7-23-12)4-19-5-10(13(20)21)11(6-19)14(15,16)17/h7-8,10-11H,3-6H2,1-2H3,(H,20,21)/t8?,10-,11-/m1/s1. The zero-order chi connectivity index (χ0) is 17.2. The lowest BCUT2D eigenvalue weighted by atomic mass is 9.96. The highest BCUT2D eigenvalue weighted by Gasteiger charge is 2.52. The molecule has 1 saturated heterocycles. The molecule has 0 spiro atoms. The summed E-state index contributed by atoms with van der Waals surface area (Å²) in [4.78, 5) is 16.9. The number of carbonyl (C=O) groups is 1. The van der Waals surface area contributed by atoms with Gasteiger partial charge in [-0.2, -0.15) is 13.2 Å². The highest BCUT2D eigenvalue weighted by molar-refractivity contribution is 7.09. The molecule has 0 aromatic carbocycles. The number of rotatable bonds is 6. The van der Waals surface area contributed by atoms with Crippen LogP contribution in [0.2, 0.25) is 0 Å². The first-order chi connectivity index (χ1) is 10.7. The predicted molar refractivity (Wildman–Crippen MR) is 78.1 cm³/mol. The Balaban J connectivity index is 2.03. The van der Waals surface area contributed by atoms with Crippen molar-refractivity contribution in [3.63, 3.8) is 0 Å². The molecule has 1 aliphatic heterocycles. The molecule has 5 nitrogen and oxygen atoms in total. The number of thiazole rings is 1. The Morgan fingerprint density at radius 3 is 2.78 bits per heavy atom. The molecule has 0 saturated carbocycles. The van der Waals surface area contributed by atoms with Gasteiger partial charge in [-0.05, 0) is 13.8 Å². The van der Waals surface area contributed by atoms with E-state index in [1.165, 1.54) is 16.2 Å². The first-order valence-corrected chi connectivity index (χ1v) is 8.18. The molecule has 0 radical (unpaired) electrons. The van der Waals surface area contributed by atoms with Crippen LogP contribution in [0, 0.1) is 11.8 Å². The van der Waals surface area contributed by atoms with Crippen LogP contribution in [-0.4, -0.2) is 46.8 Å². The first kappa shape index (κ1) is 18.2. The van der Waals surface area contributed by atoms with Crippen LogP contribution in [0.25, 0.3) is 0 Å². The molecule has 9 heteroatoms. The van der Waals surface area contributed by atoms with Crippen LogP contribution in [0.3, 0.4) is 0 Å². The lowest BCUT2D eigenvalue weighted by Gasteiger charge is -2.18. The number of alkyl halides is 3. The minimum Gasteiger partial charge on any atom is -0.481 e. The van der Waals surface area contributed by atoms with Crippen molar-refractivity contribution < 1.29 is 27.8 Å². The lowest BCUT2D eigenvalue weighted by Crippen LogP contribution is -2.33. The fourth-order valence-electron chi connectivity index (χ4n) is 2.73. The second-order valence-electron chi connectivity index (χ2n) is 5.56. The SMILES string of the molecule is CCOC(C)c1nc(CN2C[C@@H](C(F)(F)F)[C@H](C(=O)O)C2)cs1. The predicted octanol–water partition coefficient (Wildman–Crippen LogP) is 2.94. The maximum absolute atomic E-state index is 13.0. The van der Waals surface area contributed by atoms with E-state index in [1.54, 1.807) is 5.38 Å². The Kier molecular flexibility index (Phi) is 5.64. The van der Waals surface area contributed by atoms with Crippen molar-refractivity contribution in [1.29, 1.82) is 0 Å². The van der Waals surface area contributed by atoms with Crippen molar-refractivity contribution >= 4 is 17.3 Å². The first-order valence-electron chi connectivity index (χ1n) is 7.30. The molecule has 0 aliphatic carbocycles. The maximum atomic E-state index is 13.0. The summed E-state index contributed by atoms with van der Waals surface area (Å²) in [5.41, 5.74) is 0.642. The summed E-state index contributed by atoms with van der Waals surface area (Å²) < 4.78 is 44.3. The molecule has 1 aromatic heterocycles. The number of aromatic nitrogens is 1. The van der Waals surface area contributed by atoms with Gasteiger partial charge in [0.15, 0.2) is 0 Å². The van der Waals surface area contributed by atoms with Gasteiger partial charge in [0.1, 0.15) is 11.1 Å². The molecule has 2 heterocycles. The van der Waals surface area contributed by atoms with E-state index < -0.39 is 24.0 Å². The minimum atomic E-state index is -4.51. The van der Waals surface area contributed by atoms with Crippen LogP contribution >= 0.6 is 11.3 Å². The molecular weight excluding hydrogens is 333 g/mol. The highest BCUT2D eigenvalue weighted by atomic mass is 32.1. The van der Waals surface area contributed by atoms with E-state index in [1.807, 2.05) is 13.8 Å². The van der Waals surface area contributed by atoms with E-state index in [9.17, 15) is 18.0 Å². The van der Waals surface area contributed by atoms with Gasteiger partial charge in [0.2, 0.25) is 0 Å². The third-order valence-corrected chi connectivity index (χ3v) is 4.91. The number of likely N-dealkylation sites (tertiary alicyclic amines) is 1. The molecule has 3 atom stereocenters. The highest BCUT2D eigenvalue weighted by Crippen LogP contribution is 2.38. The Hall–Kier alpha value is -1.19. The van der Waals surface area contributed by atoms with E-state index >= 15 is 0 Å². The summed E-state index contributed by atoms with van der Waals surface area (Å²) in [5.74, 6) is -4.66. The molecule has 0 amide bonds. The molecule has 1 N–H and O–H groups in total. The van der Waals surface area contributed by atoms with Crippen LogP contribution in [0.1, 0.15) is 30.7 Å². The molecule has 1 unspecified atom stereocenters. The van der Waals surface area contributed by atoms with Gasteiger partial charge in [0.25, 0.3) is 0 Å². The topological polar surface area (TPSA) is 62.7 Å². The normalized spacial score (nSPS) is 24.0. The Morgan fingerprint density at radius 2 is 2.26 bits per heavy atom. The zero-order valence-corrected chi connectivity index (χ0v) is 13.7. The third-order valence-electron chi connectivity index (χ3n) is 3.85. The van der Waals surface area contributed by atoms with Gasteiger partial charge in [-0.3, -0.25) is 9.69 Å². The second kappa shape index (κ2) is 7.14. The largest absolute Gasteiger partial charge is 0.481 e. The third kappa shape index (κ3) is 4.42. The van der Waals surface area contributed by atoms with Crippen molar-refractivity contribution in [2.24, 2.45) is 11.8 Å². The second-order valence-corrected chi connectivity index (χ2v) is 6.45. The summed E-state index contributed by atoms with van der Waals surface area (Å²) in [6, 6.07) is 0. The van der Waals surface area contributed by atoms with Gasteiger partial charge >= 0.3 is 12.1 Å². The number of hydrogen-bond donors (Lipinski definition) is 1. The smallest absolute Gasteiger partial charge is 0.393 e. The maximum Gasteiger partial charge on any atom is 0.393 e. The molecule has 1 fully saturated rings. The van der Waals surface area contributed by atoms with E-state index in [2.05, 4.69) is 4.98 Å². The number of halogens is 3. The molecule has 1 aliphatic rings. The van der Waals surface area contributed by atoms with Gasteiger partial charge in [0.05, 0.1) is 17.5 Å². The minimum absolute atomic E-state index is 0.118.